The van der Waals surface area contributed by atoms with Crippen LogP contribution in [0, 0.1) is 0 Å². The first-order chi connectivity index (χ1) is 10.8. The molecular formula is C16H17NO4S. The van der Waals surface area contributed by atoms with Crippen LogP contribution in [0.1, 0.15) is 5.76 Å². The Balaban J connectivity index is 1.38. The van der Waals surface area contributed by atoms with Gasteiger partial charge in [-0.15, -0.1) is 0 Å². The van der Waals surface area contributed by atoms with E-state index in [1.807, 2.05) is 30.3 Å². The fourth-order valence-electron chi connectivity index (χ4n) is 2.08. The number of furan rings is 1. The normalized spacial score (nSPS) is 16.3. The summed E-state index contributed by atoms with van der Waals surface area (Å²) in [5.74, 6) is 3.71. The van der Waals surface area contributed by atoms with Gasteiger partial charge in [-0.1, -0.05) is 12.1 Å². The number of carbonyl (C=O) groups excluding carboxylic acids is 1. The van der Waals surface area contributed by atoms with Crippen LogP contribution in [0.5, 0.6) is 11.5 Å². The van der Waals surface area contributed by atoms with Gasteiger partial charge in [0.05, 0.1) is 12.0 Å². The average Bonchev–Trinajstić information content (AvgIpc) is 3.07. The monoisotopic (exact) mass is 319 g/mol. The predicted octanol–water partition coefficient (Wildman–Crippen LogP) is 2.47. The van der Waals surface area contributed by atoms with Gasteiger partial charge in [-0.25, -0.2) is 0 Å². The molecule has 0 unspecified atom stereocenters. The van der Waals surface area contributed by atoms with Crippen molar-refractivity contribution in [1.82, 2.24) is 5.32 Å². The molecule has 3 rings (SSSR count). The summed E-state index contributed by atoms with van der Waals surface area (Å²) in [7, 11) is 0. The van der Waals surface area contributed by atoms with Crippen molar-refractivity contribution < 1.29 is 18.7 Å². The summed E-state index contributed by atoms with van der Waals surface area (Å²) in [4.78, 5) is 12.1. The quantitative estimate of drug-likeness (QED) is 0.829. The van der Waals surface area contributed by atoms with Gasteiger partial charge in [0.25, 0.3) is 5.91 Å². The van der Waals surface area contributed by atoms with E-state index in [0.29, 0.717) is 18.0 Å². The van der Waals surface area contributed by atoms with E-state index in [4.69, 9.17) is 13.9 Å². The fraction of sp³-hybridized carbons (Fsp3) is 0.312. The molecule has 6 heteroatoms. The smallest absolute Gasteiger partial charge is 0.264 e. The van der Waals surface area contributed by atoms with E-state index in [2.05, 4.69) is 5.32 Å². The molecule has 0 radical (unpaired) electrons. The Hall–Kier alpha value is -2.08. The standard InChI is InChI=1S/C16H17NO4S/c18-16(17-7-9-22-11-12-4-3-8-19-12)15-10-20-13-5-1-2-6-14(13)21-15/h1-6,8,15H,7,9-11H2,(H,17,18)/t15-/m0/s1. The Bertz CT molecular complexity index is 614. The van der Waals surface area contributed by atoms with Crippen molar-refractivity contribution in [3.63, 3.8) is 0 Å². The number of hydrogen-bond donors (Lipinski definition) is 1. The molecule has 0 saturated carbocycles. The van der Waals surface area contributed by atoms with Crippen molar-refractivity contribution in [2.45, 2.75) is 11.9 Å². The number of para-hydroxylation sites is 2. The summed E-state index contributed by atoms with van der Waals surface area (Å²) in [6.45, 7) is 0.827. The second-order valence-electron chi connectivity index (χ2n) is 4.79. The molecule has 0 bridgehead atoms. The summed E-state index contributed by atoms with van der Waals surface area (Å²) in [5.41, 5.74) is 0. The Morgan fingerprint density at radius 2 is 2.09 bits per heavy atom. The lowest BCUT2D eigenvalue weighted by molar-refractivity contribution is -0.130. The van der Waals surface area contributed by atoms with E-state index in [1.54, 1.807) is 24.1 Å². The molecular weight excluding hydrogens is 302 g/mol. The van der Waals surface area contributed by atoms with Crippen molar-refractivity contribution in [3.8, 4) is 11.5 Å². The molecule has 1 N–H and O–H groups in total. The van der Waals surface area contributed by atoms with Gasteiger partial charge in [0, 0.05) is 12.3 Å². The Kier molecular flexibility index (Phi) is 4.90. The summed E-state index contributed by atoms with van der Waals surface area (Å²) in [6.07, 6.45) is 1.07. The van der Waals surface area contributed by atoms with Crippen molar-refractivity contribution in [3.05, 3.63) is 48.4 Å². The minimum atomic E-state index is -0.593. The number of amides is 1. The van der Waals surface area contributed by atoms with Gasteiger partial charge in [-0.2, -0.15) is 11.8 Å². The van der Waals surface area contributed by atoms with Crippen LogP contribution in [0.25, 0.3) is 0 Å². The SMILES string of the molecule is O=C(NCCSCc1ccco1)[C@@H]1COc2ccccc2O1. The topological polar surface area (TPSA) is 60.7 Å². The van der Waals surface area contributed by atoms with Crippen LogP contribution in [0.3, 0.4) is 0 Å². The number of thioether (sulfide) groups is 1. The van der Waals surface area contributed by atoms with E-state index in [1.165, 1.54) is 0 Å². The summed E-state index contributed by atoms with van der Waals surface area (Å²) < 4.78 is 16.4. The number of carbonyl (C=O) groups is 1. The molecule has 0 aliphatic carbocycles. The highest BCUT2D eigenvalue weighted by molar-refractivity contribution is 7.98. The highest BCUT2D eigenvalue weighted by Gasteiger charge is 2.26. The molecule has 0 fully saturated rings. The van der Waals surface area contributed by atoms with Crippen molar-refractivity contribution in [2.75, 3.05) is 18.9 Å². The van der Waals surface area contributed by atoms with E-state index in [9.17, 15) is 4.79 Å². The van der Waals surface area contributed by atoms with Crippen LogP contribution >= 0.6 is 11.8 Å². The molecule has 1 aromatic carbocycles. The minimum absolute atomic E-state index is 0.145. The zero-order valence-corrected chi connectivity index (χ0v) is 12.8. The van der Waals surface area contributed by atoms with Gasteiger partial charge in [-0.05, 0) is 24.3 Å². The number of ether oxygens (including phenoxy) is 2. The maximum absolute atomic E-state index is 12.1. The van der Waals surface area contributed by atoms with Crippen LogP contribution < -0.4 is 14.8 Å². The highest BCUT2D eigenvalue weighted by Crippen LogP contribution is 2.30. The molecule has 22 heavy (non-hydrogen) atoms. The molecule has 1 aromatic heterocycles. The molecule has 2 aromatic rings. The zero-order valence-electron chi connectivity index (χ0n) is 12.0. The largest absolute Gasteiger partial charge is 0.485 e. The van der Waals surface area contributed by atoms with Gasteiger partial charge >= 0.3 is 0 Å². The minimum Gasteiger partial charge on any atom is -0.485 e. The third-order valence-electron chi connectivity index (χ3n) is 3.17. The lowest BCUT2D eigenvalue weighted by atomic mass is 10.2. The van der Waals surface area contributed by atoms with Crippen LogP contribution in [0.4, 0.5) is 0 Å². The Morgan fingerprint density at radius 1 is 1.23 bits per heavy atom. The summed E-state index contributed by atoms with van der Waals surface area (Å²) in [6, 6.07) is 11.2. The lowest BCUT2D eigenvalue weighted by Gasteiger charge is -2.25. The third kappa shape index (κ3) is 3.76. The Morgan fingerprint density at radius 3 is 2.91 bits per heavy atom. The second-order valence-corrected chi connectivity index (χ2v) is 5.89. The van der Waals surface area contributed by atoms with Crippen molar-refractivity contribution >= 4 is 17.7 Å². The first-order valence-electron chi connectivity index (χ1n) is 7.09. The molecule has 116 valence electrons. The van der Waals surface area contributed by atoms with Crippen molar-refractivity contribution in [1.29, 1.82) is 0 Å². The van der Waals surface area contributed by atoms with Gasteiger partial charge in [-0.3, -0.25) is 4.79 Å². The van der Waals surface area contributed by atoms with E-state index in [0.717, 1.165) is 17.3 Å². The fourth-order valence-corrected chi connectivity index (χ4v) is 2.83. The first kappa shape index (κ1) is 14.8. The van der Waals surface area contributed by atoms with Crippen molar-refractivity contribution in [2.24, 2.45) is 0 Å². The summed E-state index contributed by atoms with van der Waals surface area (Å²) >= 11 is 1.71. The predicted molar refractivity (Wildman–Crippen MR) is 84.2 cm³/mol. The highest BCUT2D eigenvalue weighted by atomic mass is 32.2. The van der Waals surface area contributed by atoms with Crippen LogP contribution in [0.2, 0.25) is 0 Å². The number of fused-ring (bicyclic) bond motifs is 1. The average molecular weight is 319 g/mol. The Labute approximate surface area is 133 Å². The molecule has 1 amide bonds. The number of rotatable bonds is 6. The van der Waals surface area contributed by atoms with E-state index in [-0.39, 0.29) is 12.5 Å². The molecule has 0 saturated heterocycles. The van der Waals surface area contributed by atoms with E-state index >= 15 is 0 Å². The molecule has 1 atom stereocenters. The van der Waals surface area contributed by atoms with Gasteiger partial charge in [0.15, 0.2) is 11.5 Å². The molecule has 2 heterocycles. The van der Waals surface area contributed by atoms with Gasteiger partial charge in [0.1, 0.15) is 12.4 Å². The first-order valence-corrected chi connectivity index (χ1v) is 8.25. The van der Waals surface area contributed by atoms with Gasteiger partial charge < -0.3 is 19.2 Å². The third-order valence-corrected chi connectivity index (χ3v) is 4.15. The maximum atomic E-state index is 12.1. The zero-order chi connectivity index (χ0) is 15.2. The lowest BCUT2D eigenvalue weighted by Crippen LogP contribution is -2.44. The molecule has 1 aliphatic heterocycles. The number of hydrogen-bond acceptors (Lipinski definition) is 5. The van der Waals surface area contributed by atoms with Gasteiger partial charge in [0.2, 0.25) is 6.10 Å². The number of benzene rings is 1. The van der Waals surface area contributed by atoms with Crippen LogP contribution in [0.15, 0.2) is 47.1 Å². The van der Waals surface area contributed by atoms with Crippen LogP contribution in [-0.2, 0) is 10.5 Å². The molecule has 1 aliphatic rings. The van der Waals surface area contributed by atoms with E-state index < -0.39 is 6.10 Å². The van der Waals surface area contributed by atoms with Crippen LogP contribution in [-0.4, -0.2) is 30.9 Å². The maximum Gasteiger partial charge on any atom is 0.264 e. The summed E-state index contributed by atoms with van der Waals surface area (Å²) in [5, 5.41) is 2.87. The molecule has 0 spiro atoms. The number of nitrogens with one attached hydrogen (secondary N) is 1. The molecule has 5 nitrogen and oxygen atoms in total. The second kappa shape index (κ2) is 7.26.